The Bertz CT molecular complexity index is 532. The molecule has 18 heavy (non-hydrogen) atoms. The van der Waals surface area contributed by atoms with E-state index in [2.05, 4.69) is 10.2 Å². The van der Waals surface area contributed by atoms with Gasteiger partial charge in [-0.25, -0.2) is 0 Å². The molecule has 0 aliphatic rings. The van der Waals surface area contributed by atoms with Crippen molar-refractivity contribution in [2.24, 2.45) is 0 Å². The molecule has 0 aliphatic heterocycles. The highest BCUT2D eigenvalue weighted by atomic mass is 16.5. The van der Waals surface area contributed by atoms with Crippen LogP contribution in [0.25, 0.3) is 11.1 Å². The van der Waals surface area contributed by atoms with Crippen LogP contribution in [0, 0.1) is 6.92 Å². The number of nitrogens with zero attached hydrogens (tertiary/aromatic N) is 1. The lowest BCUT2D eigenvalue weighted by Crippen LogP contribution is -2.06. The third kappa shape index (κ3) is 2.47. The molecule has 4 heteroatoms. The van der Waals surface area contributed by atoms with Gasteiger partial charge in [-0.05, 0) is 38.5 Å². The van der Waals surface area contributed by atoms with Gasteiger partial charge in [-0.15, -0.1) is 5.10 Å². The molecule has 0 unspecified atom stereocenters. The number of benzene rings is 1. The molecule has 1 aromatic heterocycles. The molecule has 0 bridgehead atoms. The zero-order valence-electron chi connectivity index (χ0n) is 11.2. The summed E-state index contributed by atoms with van der Waals surface area (Å²) >= 11 is 0. The fourth-order valence-corrected chi connectivity index (χ4v) is 1.83. The minimum Gasteiger partial charge on any atom is -0.497 e. The Balaban J connectivity index is 2.45. The highest BCUT2D eigenvalue weighted by Gasteiger charge is 2.15. The average Bonchev–Trinajstić information content (AvgIpc) is 2.70. The van der Waals surface area contributed by atoms with Crippen molar-refractivity contribution in [3.63, 3.8) is 0 Å². The second-order valence-electron chi connectivity index (χ2n) is 4.43. The second kappa shape index (κ2) is 5.12. The van der Waals surface area contributed by atoms with Crippen LogP contribution < -0.4 is 9.47 Å². The molecule has 96 valence electrons. The summed E-state index contributed by atoms with van der Waals surface area (Å²) in [4.78, 5) is 0. The molecule has 0 fully saturated rings. The third-order valence-corrected chi connectivity index (χ3v) is 2.62. The van der Waals surface area contributed by atoms with Gasteiger partial charge in [0, 0.05) is 5.69 Å². The van der Waals surface area contributed by atoms with E-state index < -0.39 is 0 Å². The fourth-order valence-electron chi connectivity index (χ4n) is 1.83. The SMILES string of the molecule is COc1cccc(-c2c(OC(C)C)n[nH]c2C)c1. The average molecular weight is 246 g/mol. The third-order valence-electron chi connectivity index (χ3n) is 2.62. The summed E-state index contributed by atoms with van der Waals surface area (Å²) in [5.74, 6) is 1.46. The summed E-state index contributed by atoms with van der Waals surface area (Å²) < 4.78 is 11.0. The molecule has 0 amide bonds. The molecular formula is C14H18N2O2. The first-order valence-corrected chi connectivity index (χ1v) is 5.98. The van der Waals surface area contributed by atoms with Crippen molar-refractivity contribution in [1.29, 1.82) is 0 Å². The van der Waals surface area contributed by atoms with Gasteiger partial charge >= 0.3 is 0 Å². The molecule has 2 rings (SSSR count). The summed E-state index contributed by atoms with van der Waals surface area (Å²) in [6.45, 7) is 5.95. The van der Waals surface area contributed by atoms with Gasteiger partial charge in [0.15, 0.2) is 0 Å². The van der Waals surface area contributed by atoms with Crippen molar-refractivity contribution in [1.82, 2.24) is 10.2 Å². The predicted molar refractivity (Wildman–Crippen MR) is 71.1 cm³/mol. The van der Waals surface area contributed by atoms with Gasteiger partial charge in [0.05, 0.1) is 18.8 Å². The van der Waals surface area contributed by atoms with Crippen LogP contribution in [0.4, 0.5) is 0 Å². The lowest BCUT2D eigenvalue weighted by molar-refractivity contribution is 0.233. The number of aryl methyl sites for hydroxylation is 1. The molecule has 4 nitrogen and oxygen atoms in total. The standard InChI is InChI=1S/C14H18N2O2/c1-9(2)18-14-13(10(3)15-16-14)11-6-5-7-12(8-11)17-4/h5-9H,1-4H3,(H,15,16). The van der Waals surface area contributed by atoms with E-state index in [0.29, 0.717) is 5.88 Å². The number of methoxy groups -OCH3 is 1. The molecule has 0 spiro atoms. The van der Waals surface area contributed by atoms with Gasteiger partial charge in [0.25, 0.3) is 0 Å². The number of ether oxygens (including phenoxy) is 2. The first-order chi connectivity index (χ1) is 8.61. The van der Waals surface area contributed by atoms with Crippen molar-refractivity contribution < 1.29 is 9.47 Å². The Morgan fingerprint density at radius 1 is 1.28 bits per heavy atom. The highest BCUT2D eigenvalue weighted by molar-refractivity contribution is 5.72. The smallest absolute Gasteiger partial charge is 0.241 e. The van der Waals surface area contributed by atoms with Crippen molar-refractivity contribution >= 4 is 0 Å². The van der Waals surface area contributed by atoms with Crippen molar-refractivity contribution in [2.45, 2.75) is 26.9 Å². The molecule has 1 aromatic carbocycles. The van der Waals surface area contributed by atoms with E-state index in [9.17, 15) is 0 Å². The van der Waals surface area contributed by atoms with Crippen LogP contribution in [-0.2, 0) is 0 Å². The topological polar surface area (TPSA) is 47.1 Å². The number of nitrogens with one attached hydrogen (secondary N) is 1. The number of H-pyrrole nitrogens is 1. The largest absolute Gasteiger partial charge is 0.497 e. The van der Waals surface area contributed by atoms with E-state index in [1.807, 2.05) is 45.0 Å². The Morgan fingerprint density at radius 2 is 2.06 bits per heavy atom. The van der Waals surface area contributed by atoms with Crippen LogP contribution in [0.3, 0.4) is 0 Å². The fraction of sp³-hybridized carbons (Fsp3) is 0.357. The molecule has 0 saturated carbocycles. The summed E-state index contributed by atoms with van der Waals surface area (Å²) in [6, 6.07) is 7.88. The number of rotatable bonds is 4. The molecular weight excluding hydrogens is 228 g/mol. The van der Waals surface area contributed by atoms with Crippen molar-refractivity contribution in [3.8, 4) is 22.8 Å². The maximum Gasteiger partial charge on any atom is 0.241 e. The summed E-state index contributed by atoms with van der Waals surface area (Å²) in [7, 11) is 1.66. The molecule has 1 N–H and O–H groups in total. The molecule has 0 atom stereocenters. The van der Waals surface area contributed by atoms with E-state index in [1.54, 1.807) is 7.11 Å². The van der Waals surface area contributed by atoms with Crippen molar-refractivity contribution in [2.75, 3.05) is 7.11 Å². The first kappa shape index (κ1) is 12.5. The molecule has 0 saturated heterocycles. The van der Waals surface area contributed by atoms with Crippen LogP contribution in [0.5, 0.6) is 11.6 Å². The van der Waals surface area contributed by atoms with Crippen LogP contribution in [0.1, 0.15) is 19.5 Å². The first-order valence-electron chi connectivity index (χ1n) is 5.98. The zero-order valence-corrected chi connectivity index (χ0v) is 11.2. The van der Waals surface area contributed by atoms with Gasteiger partial charge in [-0.1, -0.05) is 12.1 Å². The van der Waals surface area contributed by atoms with Crippen LogP contribution in [0.2, 0.25) is 0 Å². The number of aromatic amines is 1. The van der Waals surface area contributed by atoms with E-state index in [0.717, 1.165) is 22.6 Å². The Morgan fingerprint density at radius 3 is 2.72 bits per heavy atom. The van der Waals surface area contributed by atoms with Crippen molar-refractivity contribution in [3.05, 3.63) is 30.0 Å². The van der Waals surface area contributed by atoms with E-state index >= 15 is 0 Å². The summed E-state index contributed by atoms with van der Waals surface area (Å²) in [6.07, 6.45) is 0.0945. The molecule has 1 heterocycles. The zero-order chi connectivity index (χ0) is 13.1. The Kier molecular flexibility index (Phi) is 3.55. The van der Waals surface area contributed by atoms with Gasteiger partial charge in [-0.2, -0.15) is 0 Å². The summed E-state index contributed by atoms with van der Waals surface area (Å²) in [5.41, 5.74) is 3.01. The lowest BCUT2D eigenvalue weighted by Gasteiger charge is -2.10. The number of aromatic nitrogens is 2. The van der Waals surface area contributed by atoms with Gasteiger partial charge in [0.1, 0.15) is 5.75 Å². The van der Waals surface area contributed by atoms with Crippen LogP contribution in [0.15, 0.2) is 24.3 Å². The monoisotopic (exact) mass is 246 g/mol. The van der Waals surface area contributed by atoms with Gasteiger partial charge < -0.3 is 9.47 Å². The maximum absolute atomic E-state index is 5.71. The van der Waals surface area contributed by atoms with E-state index in [4.69, 9.17) is 9.47 Å². The Labute approximate surface area is 107 Å². The molecule has 0 aliphatic carbocycles. The minimum atomic E-state index is 0.0945. The van der Waals surface area contributed by atoms with E-state index in [1.165, 1.54) is 0 Å². The highest BCUT2D eigenvalue weighted by Crippen LogP contribution is 2.33. The maximum atomic E-state index is 5.71. The minimum absolute atomic E-state index is 0.0945. The quantitative estimate of drug-likeness (QED) is 0.901. The normalized spacial score (nSPS) is 10.7. The number of hydrogen-bond acceptors (Lipinski definition) is 3. The Hall–Kier alpha value is -1.97. The van der Waals surface area contributed by atoms with Gasteiger partial charge in [-0.3, -0.25) is 5.10 Å². The van der Waals surface area contributed by atoms with Crippen LogP contribution in [-0.4, -0.2) is 23.4 Å². The van der Waals surface area contributed by atoms with Crippen LogP contribution >= 0.6 is 0 Å². The van der Waals surface area contributed by atoms with E-state index in [-0.39, 0.29) is 6.10 Å². The lowest BCUT2D eigenvalue weighted by atomic mass is 10.1. The number of hydrogen-bond donors (Lipinski definition) is 1. The summed E-state index contributed by atoms with van der Waals surface area (Å²) in [5, 5.41) is 7.16. The second-order valence-corrected chi connectivity index (χ2v) is 4.43. The predicted octanol–water partition coefficient (Wildman–Crippen LogP) is 3.18. The molecule has 2 aromatic rings. The van der Waals surface area contributed by atoms with Gasteiger partial charge in [0.2, 0.25) is 5.88 Å². The molecule has 0 radical (unpaired) electrons.